The first-order valence-electron chi connectivity index (χ1n) is 6.53. The van der Waals surface area contributed by atoms with Crippen LogP contribution >= 0.6 is 11.3 Å². The zero-order valence-electron chi connectivity index (χ0n) is 12.8. The zero-order chi connectivity index (χ0) is 17.8. The van der Waals surface area contributed by atoms with Crippen LogP contribution in [-0.2, 0) is 21.4 Å². The molecule has 0 spiro atoms. The standard InChI is InChI=1S/C12H18F3N3O3S2/c1-8(18(3)7-12(13,14)15)11(19)17-6-9-4-5-10(22-9)23(20,21)16-2/h4-5,8,16H,6-7H2,1-3H3,(H,17,19). The first-order valence-corrected chi connectivity index (χ1v) is 8.83. The van der Waals surface area contributed by atoms with Crippen LogP contribution in [0.2, 0.25) is 0 Å². The number of carbonyl (C=O) groups is 1. The normalized spacial score (nSPS) is 14.0. The van der Waals surface area contributed by atoms with Gasteiger partial charge >= 0.3 is 6.18 Å². The number of carbonyl (C=O) groups excluding carboxylic acids is 1. The molecule has 1 amide bonds. The second-order valence-electron chi connectivity index (χ2n) is 4.85. The van der Waals surface area contributed by atoms with E-state index in [1.165, 1.54) is 27.1 Å². The van der Waals surface area contributed by atoms with Gasteiger partial charge in [0.2, 0.25) is 15.9 Å². The molecule has 23 heavy (non-hydrogen) atoms. The van der Waals surface area contributed by atoms with Gasteiger partial charge in [0.1, 0.15) is 4.21 Å². The van der Waals surface area contributed by atoms with Gasteiger partial charge in [0.15, 0.2) is 0 Å². The van der Waals surface area contributed by atoms with Gasteiger partial charge in [0.05, 0.1) is 19.1 Å². The first-order chi connectivity index (χ1) is 10.5. The lowest BCUT2D eigenvalue weighted by Gasteiger charge is -2.24. The fourth-order valence-corrected chi connectivity index (χ4v) is 3.77. The summed E-state index contributed by atoms with van der Waals surface area (Å²) in [4.78, 5) is 13.3. The predicted molar refractivity (Wildman–Crippen MR) is 80.6 cm³/mol. The maximum absolute atomic E-state index is 12.3. The lowest BCUT2D eigenvalue weighted by molar-refractivity contribution is -0.151. The highest BCUT2D eigenvalue weighted by molar-refractivity contribution is 7.91. The Morgan fingerprint density at radius 3 is 2.52 bits per heavy atom. The van der Waals surface area contributed by atoms with Crippen LogP contribution < -0.4 is 10.0 Å². The largest absolute Gasteiger partial charge is 0.401 e. The smallest absolute Gasteiger partial charge is 0.350 e. The molecule has 11 heteroatoms. The number of hydrogen-bond acceptors (Lipinski definition) is 5. The van der Waals surface area contributed by atoms with Gasteiger partial charge in [-0.3, -0.25) is 9.69 Å². The van der Waals surface area contributed by atoms with Gasteiger partial charge in [-0.15, -0.1) is 11.3 Å². The summed E-state index contributed by atoms with van der Waals surface area (Å²) in [6, 6.07) is 1.98. The number of nitrogens with one attached hydrogen (secondary N) is 2. The van der Waals surface area contributed by atoms with Crippen molar-refractivity contribution < 1.29 is 26.4 Å². The molecule has 1 aromatic rings. The lowest BCUT2D eigenvalue weighted by Crippen LogP contribution is -2.46. The van der Waals surface area contributed by atoms with Crippen molar-refractivity contribution in [3.63, 3.8) is 0 Å². The van der Waals surface area contributed by atoms with Crippen LogP contribution in [0.5, 0.6) is 0 Å². The van der Waals surface area contributed by atoms with Crippen LogP contribution in [-0.4, -0.2) is 52.1 Å². The summed E-state index contributed by atoms with van der Waals surface area (Å²) in [5.74, 6) is -0.567. The van der Waals surface area contributed by atoms with E-state index >= 15 is 0 Å². The van der Waals surface area contributed by atoms with Crippen LogP contribution in [0.1, 0.15) is 11.8 Å². The number of hydrogen-bond donors (Lipinski definition) is 2. The average Bonchev–Trinajstić information content (AvgIpc) is 2.91. The SMILES string of the molecule is CNS(=O)(=O)c1ccc(CNC(=O)C(C)N(C)CC(F)(F)F)s1. The van der Waals surface area contributed by atoms with Gasteiger partial charge < -0.3 is 5.32 Å². The summed E-state index contributed by atoms with van der Waals surface area (Å²) in [7, 11) is -1.05. The van der Waals surface area contributed by atoms with Crippen molar-refractivity contribution in [1.29, 1.82) is 0 Å². The molecule has 1 rings (SSSR count). The lowest BCUT2D eigenvalue weighted by atomic mass is 10.2. The van der Waals surface area contributed by atoms with E-state index in [4.69, 9.17) is 0 Å². The molecule has 0 aromatic carbocycles. The first kappa shape index (κ1) is 19.9. The minimum atomic E-state index is -4.38. The van der Waals surface area contributed by atoms with E-state index in [0.717, 1.165) is 16.2 Å². The van der Waals surface area contributed by atoms with Crippen molar-refractivity contribution in [2.24, 2.45) is 0 Å². The average molecular weight is 373 g/mol. The molecule has 6 nitrogen and oxygen atoms in total. The summed E-state index contributed by atoms with van der Waals surface area (Å²) < 4.78 is 62.3. The van der Waals surface area contributed by atoms with Gasteiger partial charge in [0, 0.05) is 4.88 Å². The van der Waals surface area contributed by atoms with E-state index < -0.39 is 34.7 Å². The molecule has 0 aliphatic rings. The van der Waals surface area contributed by atoms with Crippen LogP contribution in [0.25, 0.3) is 0 Å². The molecule has 132 valence electrons. The number of alkyl halides is 3. The molecule has 0 bridgehead atoms. The van der Waals surface area contributed by atoms with Gasteiger partial charge in [-0.1, -0.05) is 0 Å². The highest BCUT2D eigenvalue weighted by Crippen LogP contribution is 2.21. The molecule has 0 saturated carbocycles. The summed E-state index contributed by atoms with van der Waals surface area (Å²) in [6.07, 6.45) is -4.38. The molecule has 1 atom stereocenters. The molecule has 0 radical (unpaired) electrons. The maximum atomic E-state index is 12.3. The van der Waals surface area contributed by atoms with Crippen molar-refractivity contribution in [2.45, 2.75) is 29.9 Å². The Morgan fingerprint density at radius 1 is 1.39 bits per heavy atom. The van der Waals surface area contributed by atoms with E-state index in [2.05, 4.69) is 10.0 Å². The quantitative estimate of drug-likeness (QED) is 0.752. The second-order valence-corrected chi connectivity index (χ2v) is 8.13. The highest BCUT2D eigenvalue weighted by atomic mass is 32.2. The number of halogens is 3. The Hall–Kier alpha value is -1.17. The van der Waals surface area contributed by atoms with E-state index in [-0.39, 0.29) is 10.8 Å². The molecular weight excluding hydrogens is 355 g/mol. The zero-order valence-corrected chi connectivity index (χ0v) is 14.4. The van der Waals surface area contributed by atoms with Crippen molar-refractivity contribution in [3.8, 4) is 0 Å². The number of thiophene rings is 1. The Kier molecular flexibility index (Phi) is 6.57. The summed E-state index contributed by atoms with van der Waals surface area (Å²) in [5.41, 5.74) is 0. The van der Waals surface area contributed by atoms with Crippen molar-refractivity contribution in [3.05, 3.63) is 17.0 Å². The third-order valence-electron chi connectivity index (χ3n) is 3.08. The van der Waals surface area contributed by atoms with E-state index in [1.54, 1.807) is 6.07 Å². The van der Waals surface area contributed by atoms with E-state index in [1.807, 2.05) is 0 Å². The molecule has 0 aliphatic carbocycles. The molecular formula is C12H18F3N3O3S2. The molecule has 0 aliphatic heterocycles. The van der Waals surface area contributed by atoms with Crippen molar-refractivity contribution in [2.75, 3.05) is 20.6 Å². The Labute approximate surface area is 136 Å². The highest BCUT2D eigenvalue weighted by Gasteiger charge is 2.32. The summed E-state index contributed by atoms with van der Waals surface area (Å²) in [6.45, 7) is 0.227. The van der Waals surface area contributed by atoms with E-state index in [0.29, 0.717) is 4.88 Å². The Balaban J connectivity index is 2.60. The van der Waals surface area contributed by atoms with Crippen LogP contribution in [0.4, 0.5) is 13.2 Å². The van der Waals surface area contributed by atoms with Crippen molar-refractivity contribution in [1.82, 2.24) is 14.9 Å². The fourth-order valence-electron chi connectivity index (χ4n) is 1.64. The molecule has 0 saturated heterocycles. The maximum Gasteiger partial charge on any atom is 0.401 e. The number of amides is 1. The predicted octanol–water partition coefficient (Wildman–Crippen LogP) is 1.15. The summed E-state index contributed by atoms with van der Waals surface area (Å²) in [5, 5.41) is 2.50. The minimum absolute atomic E-state index is 0.0485. The number of rotatable bonds is 7. The van der Waals surface area contributed by atoms with Gasteiger partial charge in [-0.05, 0) is 33.2 Å². The Bertz CT molecular complexity index is 643. The van der Waals surface area contributed by atoms with Crippen molar-refractivity contribution >= 4 is 27.3 Å². The van der Waals surface area contributed by atoms with Gasteiger partial charge in [0.25, 0.3) is 0 Å². The van der Waals surface area contributed by atoms with Crippen LogP contribution in [0.15, 0.2) is 16.3 Å². The fraction of sp³-hybridized carbons (Fsp3) is 0.583. The van der Waals surface area contributed by atoms with Gasteiger partial charge in [-0.2, -0.15) is 13.2 Å². The van der Waals surface area contributed by atoms with Gasteiger partial charge in [-0.25, -0.2) is 13.1 Å². The Morgan fingerprint density at radius 2 is 2.00 bits per heavy atom. The molecule has 1 heterocycles. The van der Waals surface area contributed by atoms with E-state index in [9.17, 15) is 26.4 Å². The monoisotopic (exact) mass is 373 g/mol. The third-order valence-corrected chi connectivity index (χ3v) is 6.07. The number of likely N-dealkylation sites (N-methyl/N-ethyl adjacent to an activating group) is 1. The molecule has 1 aromatic heterocycles. The molecule has 0 fully saturated rings. The summed E-state index contributed by atoms with van der Waals surface area (Å²) >= 11 is 0.978. The molecule has 1 unspecified atom stereocenters. The van der Waals surface area contributed by atoms with Crippen LogP contribution in [0, 0.1) is 0 Å². The third kappa shape index (κ3) is 6.09. The number of nitrogens with zero attached hydrogens (tertiary/aromatic N) is 1. The number of sulfonamides is 1. The minimum Gasteiger partial charge on any atom is -0.350 e. The molecule has 2 N–H and O–H groups in total. The second kappa shape index (κ2) is 7.60. The van der Waals surface area contributed by atoms with Crippen LogP contribution in [0.3, 0.4) is 0 Å². The topological polar surface area (TPSA) is 78.5 Å².